The molecule has 0 aliphatic carbocycles. The van der Waals surface area contributed by atoms with Gasteiger partial charge in [0, 0.05) is 19.6 Å². The Hall–Kier alpha value is -1.37. The van der Waals surface area contributed by atoms with E-state index in [1.165, 1.54) is 0 Å². The fourth-order valence-corrected chi connectivity index (χ4v) is 4.28. The van der Waals surface area contributed by atoms with Crippen molar-refractivity contribution in [2.24, 2.45) is 0 Å². The Bertz CT molecular complexity index is 768. The maximum absolute atomic E-state index is 12.9. The second-order valence-corrected chi connectivity index (χ2v) is 8.78. The van der Waals surface area contributed by atoms with Crippen LogP contribution in [0.4, 0.5) is 26.3 Å². The molecule has 29 heavy (non-hydrogen) atoms. The average molecular weight is 448 g/mol. The van der Waals surface area contributed by atoms with Gasteiger partial charge in [0.15, 0.2) is 0 Å². The lowest BCUT2D eigenvalue weighted by Gasteiger charge is -2.35. The molecular formula is C17H22F6N2O3S. The number of alkyl halides is 6. The van der Waals surface area contributed by atoms with Crippen molar-refractivity contribution in [2.75, 3.05) is 26.2 Å². The molecular weight excluding hydrogens is 426 g/mol. The number of hydrogen-bond acceptors (Lipinski definition) is 4. The maximum Gasteiger partial charge on any atom is 0.416 e. The van der Waals surface area contributed by atoms with Crippen LogP contribution >= 0.6 is 0 Å². The summed E-state index contributed by atoms with van der Waals surface area (Å²) in [4.78, 5) is 0.979. The number of benzene rings is 1. The summed E-state index contributed by atoms with van der Waals surface area (Å²) >= 11 is 0. The van der Waals surface area contributed by atoms with Crippen LogP contribution in [0.15, 0.2) is 23.1 Å². The van der Waals surface area contributed by atoms with Crippen molar-refractivity contribution in [3.8, 4) is 0 Å². The third-order valence-corrected chi connectivity index (χ3v) is 5.75. The number of sulfonamides is 1. The van der Waals surface area contributed by atoms with E-state index in [0.29, 0.717) is 26.1 Å². The van der Waals surface area contributed by atoms with Crippen molar-refractivity contribution >= 4 is 10.0 Å². The molecule has 0 unspecified atom stereocenters. The van der Waals surface area contributed by atoms with E-state index >= 15 is 0 Å². The van der Waals surface area contributed by atoms with Crippen molar-refractivity contribution < 1.29 is 39.5 Å². The molecule has 1 saturated heterocycles. The highest BCUT2D eigenvalue weighted by atomic mass is 32.2. The number of rotatable bonds is 6. The summed E-state index contributed by atoms with van der Waals surface area (Å²) in [6, 6.07) is 0.283. The predicted molar refractivity (Wildman–Crippen MR) is 92.7 cm³/mol. The normalized spacial score (nSPS) is 22.1. The Morgan fingerprint density at radius 3 is 1.93 bits per heavy atom. The minimum absolute atomic E-state index is 0.0151. The van der Waals surface area contributed by atoms with Gasteiger partial charge in [-0.1, -0.05) is 0 Å². The van der Waals surface area contributed by atoms with Gasteiger partial charge in [-0.15, -0.1) is 0 Å². The molecule has 2 atom stereocenters. The van der Waals surface area contributed by atoms with Crippen LogP contribution < -0.4 is 4.72 Å². The predicted octanol–water partition coefficient (Wildman–Crippen LogP) is 3.50. The molecule has 1 aromatic rings. The molecule has 1 aromatic carbocycles. The highest BCUT2D eigenvalue weighted by molar-refractivity contribution is 7.89. The Morgan fingerprint density at radius 1 is 1.00 bits per heavy atom. The summed E-state index contributed by atoms with van der Waals surface area (Å²) in [6.45, 7) is 5.49. The summed E-state index contributed by atoms with van der Waals surface area (Å²) in [5, 5.41) is 0. The molecule has 1 aliphatic rings. The Kier molecular flexibility index (Phi) is 7.24. The quantitative estimate of drug-likeness (QED) is 0.535. The van der Waals surface area contributed by atoms with Gasteiger partial charge in [-0.3, -0.25) is 4.90 Å². The molecule has 12 heteroatoms. The van der Waals surface area contributed by atoms with Gasteiger partial charge in [0.2, 0.25) is 10.0 Å². The van der Waals surface area contributed by atoms with E-state index in [0.717, 1.165) is 0 Å². The van der Waals surface area contributed by atoms with Crippen LogP contribution in [-0.2, 0) is 27.1 Å². The molecule has 5 nitrogen and oxygen atoms in total. The van der Waals surface area contributed by atoms with Crippen molar-refractivity contribution in [3.05, 3.63) is 29.3 Å². The monoisotopic (exact) mass is 448 g/mol. The fraction of sp³-hybridized carbons (Fsp3) is 0.647. The standard InChI is InChI=1S/C17H22F6N2O3S/c1-11-9-25(10-12(2)28-11)5-3-4-24-29(26,27)15-7-13(16(18,19)20)6-14(8-15)17(21,22)23/h6-8,11-12,24H,3-5,9-10H2,1-2H3/t11-,12-/m0/s1. The molecule has 1 heterocycles. The largest absolute Gasteiger partial charge is 0.416 e. The molecule has 166 valence electrons. The van der Waals surface area contributed by atoms with Crippen LogP contribution in [0.25, 0.3) is 0 Å². The third-order valence-electron chi connectivity index (χ3n) is 4.31. The summed E-state index contributed by atoms with van der Waals surface area (Å²) in [5.41, 5.74) is -3.35. The van der Waals surface area contributed by atoms with Gasteiger partial charge in [0.25, 0.3) is 0 Å². The topological polar surface area (TPSA) is 58.6 Å². The lowest BCUT2D eigenvalue weighted by molar-refractivity contribution is -0.143. The molecule has 0 radical (unpaired) electrons. The molecule has 0 amide bonds. The first-order chi connectivity index (χ1) is 13.2. The van der Waals surface area contributed by atoms with Crippen LogP contribution in [0, 0.1) is 0 Å². The number of nitrogens with zero attached hydrogens (tertiary/aromatic N) is 1. The molecule has 0 aromatic heterocycles. The summed E-state index contributed by atoms with van der Waals surface area (Å²) in [6.07, 6.45) is -9.86. The van der Waals surface area contributed by atoms with Gasteiger partial charge >= 0.3 is 12.4 Å². The molecule has 2 rings (SSSR count). The third kappa shape index (κ3) is 6.83. The van der Waals surface area contributed by atoms with Gasteiger partial charge in [-0.2, -0.15) is 26.3 Å². The molecule has 0 spiro atoms. The van der Waals surface area contributed by atoms with E-state index < -0.39 is 38.4 Å². The Morgan fingerprint density at radius 2 is 1.48 bits per heavy atom. The lowest BCUT2D eigenvalue weighted by Crippen LogP contribution is -2.46. The van der Waals surface area contributed by atoms with Crippen molar-refractivity contribution in [1.29, 1.82) is 0 Å². The molecule has 0 saturated carbocycles. The van der Waals surface area contributed by atoms with Gasteiger partial charge in [-0.05, 0) is 45.0 Å². The number of nitrogens with one attached hydrogen (secondary N) is 1. The van der Waals surface area contributed by atoms with Crippen molar-refractivity contribution in [2.45, 2.75) is 49.7 Å². The molecule has 1 fully saturated rings. The SMILES string of the molecule is C[C@H]1CN(CCCNS(=O)(=O)c2cc(C(F)(F)F)cc(C(F)(F)F)c2)C[C@H](C)O1. The lowest BCUT2D eigenvalue weighted by atomic mass is 10.1. The van der Waals surface area contributed by atoms with Crippen LogP contribution in [-0.4, -0.2) is 51.7 Å². The van der Waals surface area contributed by atoms with Crippen molar-refractivity contribution in [1.82, 2.24) is 9.62 Å². The van der Waals surface area contributed by atoms with E-state index in [9.17, 15) is 34.8 Å². The van der Waals surface area contributed by atoms with Gasteiger partial charge in [0.1, 0.15) is 0 Å². The zero-order valence-corrected chi connectivity index (χ0v) is 16.6. The number of halogens is 6. The molecule has 1 N–H and O–H groups in total. The van der Waals surface area contributed by atoms with Crippen LogP contribution in [0.1, 0.15) is 31.4 Å². The van der Waals surface area contributed by atoms with E-state index in [4.69, 9.17) is 4.74 Å². The van der Waals surface area contributed by atoms with E-state index in [2.05, 4.69) is 9.62 Å². The number of ether oxygens (including phenoxy) is 1. The Labute approximate surface area is 165 Å². The van der Waals surface area contributed by atoms with Crippen LogP contribution in [0.2, 0.25) is 0 Å². The first-order valence-electron chi connectivity index (χ1n) is 8.85. The summed E-state index contributed by atoms with van der Waals surface area (Å²) in [7, 11) is -4.54. The highest BCUT2D eigenvalue weighted by Crippen LogP contribution is 2.37. The van der Waals surface area contributed by atoms with Crippen LogP contribution in [0.5, 0.6) is 0 Å². The van der Waals surface area contributed by atoms with Gasteiger partial charge in [-0.25, -0.2) is 13.1 Å². The fourth-order valence-electron chi connectivity index (χ4n) is 3.14. The van der Waals surface area contributed by atoms with E-state index in [1.54, 1.807) is 0 Å². The summed E-state index contributed by atoms with van der Waals surface area (Å²) < 4.78 is 110. The number of morpholine rings is 1. The molecule has 1 aliphatic heterocycles. The van der Waals surface area contributed by atoms with Gasteiger partial charge in [0.05, 0.1) is 28.2 Å². The highest BCUT2D eigenvalue weighted by Gasteiger charge is 2.38. The zero-order valence-electron chi connectivity index (χ0n) is 15.8. The first kappa shape index (κ1) is 23.9. The second kappa shape index (κ2) is 8.78. The smallest absolute Gasteiger partial charge is 0.373 e. The minimum Gasteiger partial charge on any atom is -0.373 e. The maximum atomic E-state index is 12.9. The van der Waals surface area contributed by atoms with E-state index in [1.807, 2.05) is 13.8 Å². The zero-order chi connectivity index (χ0) is 22.0. The summed E-state index contributed by atoms with van der Waals surface area (Å²) in [5.74, 6) is 0. The number of hydrogen-bond donors (Lipinski definition) is 1. The minimum atomic E-state index is -5.12. The average Bonchev–Trinajstić information content (AvgIpc) is 2.56. The van der Waals surface area contributed by atoms with E-state index in [-0.39, 0.29) is 37.0 Å². The van der Waals surface area contributed by atoms with Crippen molar-refractivity contribution in [3.63, 3.8) is 0 Å². The first-order valence-corrected chi connectivity index (χ1v) is 10.3. The van der Waals surface area contributed by atoms with Gasteiger partial charge < -0.3 is 4.74 Å². The second-order valence-electron chi connectivity index (χ2n) is 7.01. The van der Waals surface area contributed by atoms with Crippen LogP contribution in [0.3, 0.4) is 0 Å². The Balaban J connectivity index is 2.08. The molecule has 0 bridgehead atoms.